The van der Waals surface area contributed by atoms with Gasteiger partial charge < -0.3 is 21.3 Å². The SMILES string of the molecule is CCCN(C)c1nc(N)c(C(=O)NCCCNC)s1. The molecule has 0 aliphatic heterocycles. The van der Waals surface area contributed by atoms with E-state index in [2.05, 4.69) is 22.5 Å². The number of hydrogen-bond donors (Lipinski definition) is 3. The van der Waals surface area contributed by atoms with Gasteiger partial charge in [-0.2, -0.15) is 0 Å². The molecule has 0 aliphatic carbocycles. The van der Waals surface area contributed by atoms with E-state index in [0.717, 1.165) is 31.1 Å². The molecule has 108 valence electrons. The van der Waals surface area contributed by atoms with Gasteiger partial charge in [-0.3, -0.25) is 4.79 Å². The molecular weight excluding hydrogens is 262 g/mol. The van der Waals surface area contributed by atoms with E-state index in [4.69, 9.17) is 5.73 Å². The lowest BCUT2D eigenvalue weighted by atomic mass is 10.4. The Labute approximate surface area is 118 Å². The summed E-state index contributed by atoms with van der Waals surface area (Å²) in [5.74, 6) is 0.177. The molecule has 0 aromatic carbocycles. The Hall–Kier alpha value is -1.34. The largest absolute Gasteiger partial charge is 0.382 e. The summed E-state index contributed by atoms with van der Waals surface area (Å²) in [5, 5.41) is 6.68. The number of carbonyl (C=O) groups is 1. The number of nitrogens with two attached hydrogens (primary N) is 1. The molecule has 1 aromatic heterocycles. The van der Waals surface area contributed by atoms with Gasteiger partial charge in [0, 0.05) is 20.1 Å². The van der Waals surface area contributed by atoms with Crippen LogP contribution < -0.4 is 21.3 Å². The molecule has 1 aromatic rings. The van der Waals surface area contributed by atoms with Crippen molar-refractivity contribution in [2.24, 2.45) is 0 Å². The number of anilines is 2. The average molecular weight is 285 g/mol. The molecule has 0 fully saturated rings. The van der Waals surface area contributed by atoms with E-state index in [1.54, 1.807) is 0 Å². The highest BCUT2D eigenvalue weighted by molar-refractivity contribution is 7.18. The van der Waals surface area contributed by atoms with E-state index in [0.29, 0.717) is 17.2 Å². The van der Waals surface area contributed by atoms with E-state index in [1.165, 1.54) is 11.3 Å². The van der Waals surface area contributed by atoms with E-state index >= 15 is 0 Å². The fraction of sp³-hybridized carbons (Fsp3) is 0.667. The zero-order chi connectivity index (χ0) is 14.3. The Balaban J connectivity index is 2.60. The molecule has 0 saturated heterocycles. The number of hydrogen-bond acceptors (Lipinski definition) is 6. The summed E-state index contributed by atoms with van der Waals surface area (Å²) in [4.78, 5) is 18.7. The van der Waals surface area contributed by atoms with Gasteiger partial charge in [0.25, 0.3) is 5.91 Å². The third-order valence-electron chi connectivity index (χ3n) is 2.62. The fourth-order valence-corrected chi connectivity index (χ4v) is 2.51. The molecule has 0 unspecified atom stereocenters. The minimum Gasteiger partial charge on any atom is -0.382 e. The van der Waals surface area contributed by atoms with Crippen LogP contribution in [0.2, 0.25) is 0 Å². The van der Waals surface area contributed by atoms with Gasteiger partial charge in [-0.15, -0.1) is 0 Å². The highest BCUT2D eigenvalue weighted by Gasteiger charge is 2.17. The summed E-state index contributed by atoms with van der Waals surface area (Å²) in [7, 11) is 3.84. The molecule has 0 bridgehead atoms. The minimum absolute atomic E-state index is 0.137. The van der Waals surface area contributed by atoms with Crippen molar-refractivity contribution in [3.05, 3.63) is 4.88 Å². The van der Waals surface area contributed by atoms with Crippen LogP contribution in [0.5, 0.6) is 0 Å². The van der Waals surface area contributed by atoms with Crippen molar-refractivity contribution < 1.29 is 4.79 Å². The zero-order valence-corrected chi connectivity index (χ0v) is 12.6. The number of nitrogens with zero attached hydrogens (tertiary/aromatic N) is 2. The second-order valence-corrected chi connectivity index (χ2v) is 5.32. The summed E-state index contributed by atoms with van der Waals surface area (Å²) in [6.45, 7) is 4.51. The van der Waals surface area contributed by atoms with Crippen molar-refractivity contribution >= 4 is 28.2 Å². The first-order valence-electron chi connectivity index (χ1n) is 6.50. The summed E-state index contributed by atoms with van der Waals surface area (Å²) < 4.78 is 0. The third-order valence-corrected chi connectivity index (χ3v) is 3.81. The van der Waals surface area contributed by atoms with Gasteiger partial charge in [0.15, 0.2) is 5.13 Å². The van der Waals surface area contributed by atoms with Gasteiger partial charge >= 0.3 is 0 Å². The molecule has 6 nitrogen and oxygen atoms in total. The second kappa shape index (κ2) is 7.96. The number of carbonyl (C=O) groups excluding carboxylic acids is 1. The van der Waals surface area contributed by atoms with Gasteiger partial charge in [-0.05, 0) is 26.4 Å². The quantitative estimate of drug-likeness (QED) is 0.618. The molecule has 0 radical (unpaired) electrons. The molecule has 0 atom stereocenters. The lowest BCUT2D eigenvalue weighted by Gasteiger charge is -2.13. The molecule has 19 heavy (non-hydrogen) atoms. The molecule has 0 spiro atoms. The molecule has 7 heteroatoms. The number of rotatable bonds is 8. The van der Waals surface area contributed by atoms with Crippen LogP contribution in [0.1, 0.15) is 29.4 Å². The van der Waals surface area contributed by atoms with Crippen molar-refractivity contribution in [3.63, 3.8) is 0 Å². The van der Waals surface area contributed by atoms with Crippen LogP contribution in [0.15, 0.2) is 0 Å². The van der Waals surface area contributed by atoms with Crippen molar-refractivity contribution in [1.82, 2.24) is 15.6 Å². The van der Waals surface area contributed by atoms with Crippen LogP contribution in [0.4, 0.5) is 10.9 Å². The smallest absolute Gasteiger partial charge is 0.265 e. The monoisotopic (exact) mass is 285 g/mol. The Morgan fingerprint density at radius 1 is 1.47 bits per heavy atom. The van der Waals surface area contributed by atoms with Crippen molar-refractivity contribution in [3.8, 4) is 0 Å². The van der Waals surface area contributed by atoms with E-state index in [-0.39, 0.29) is 5.91 Å². The van der Waals surface area contributed by atoms with E-state index in [9.17, 15) is 4.79 Å². The predicted octanol–water partition coefficient (Wildman–Crippen LogP) is 0.911. The van der Waals surface area contributed by atoms with Crippen LogP contribution in [-0.4, -0.2) is 44.6 Å². The summed E-state index contributed by atoms with van der Waals surface area (Å²) in [6.07, 6.45) is 1.92. The Bertz CT molecular complexity index is 407. The average Bonchev–Trinajstić information content (AvgIpc) is 2.77. The molecule has 0 aliphatic rings. The number of thiazole rings is 1. The lowest BCUT2D eigenvalue weighted by Crippen LogP contribution is -2.26. The summed E-state index contributed by atoms with van der Waals surface area (Å²) in [5.41, 5.74) is 5.81. The molecule has 1 amide bonds. The molecular formula is C12H23N5OS. The van der Waals surface area contributed by atoms with Crippen LogP contribution in [0.25, 0.3) is 0 Å². The van der Waals surface area contributed by atoms with Crippen molar-refractivity contribution in [2.75, 3.05) is 44.4 Å². The van der Waals surface area contributed by atoms with Crippen molar-refractivity contribution in [1.29, 1.82) is 0 Å². The molecule has 4 N–H and O–H groups in total. The van der Waals surface area contributed by atoms with Crippen LogP contribution in [-0.2, 0) is 0 Å². The number of amides is 1. The first-order valence-corrected chi connectivity index (χ1v) is 7.32. The second-order valence-electron chi connectivity index (χ2n) is 4.35. The van der Waals surface area contributed by atoms with Crippen LogP contribution in [0.3, 0.4) is 0 Å². The summed E-state index contributed by atoms with van der Waals surface area (Å²) >= 11 is 1.34. The summed E-state index contributed by atoms with van der Waals surface area (Å²) in [6, 6.07) is 0. The van der Waals surface area contributed by atoms with Crippen molar-refractivity contribution in [2.45, 2.75) is 19.8 Å². The predicted molar refractivity (Wildman–Crippen MR) is 81.0 cm³/mol. The van der Waals surface area contributed by atoms with Gasteiger partial charge in [0.2, 0.25) is 0 Å². The minimum atomic E-state index is -0.137. The van der Waals surface area contributed by atoms with E-state index < -0.39 is 0 Å². The number of aromatic nitrogens is 1. The zero-order valence-electron chi connectivity index (χ0n) is 11.8. The van der Waals surface area contributed by atoms with Crippen LogP contribution in [0, 0.1) is 0 Å². The lowest BCUT2D eigenvalue weighted by molar-refractivity contribution is 0.0958. The third kappa shape index (κ3) is 4.68. The number of nitrogen functional groups attached to an aromatic ring is 1. The fourth-order valence-electron chi connectivity index (χ4n) is 1.62. The Morgan fingerprint density at radius 3 is 2.84 bits per heavy atom. The topological polar surface area (TPSA) is 83.3 Å². The highest BCUT2D eigenvalue weighted by Crippen LogP contribution is 2.27. The maximum Gasteiger partial charge on any atom is 0.265 e. The van der Waals surface area contributed by atoms with Gasteiger partial charge in [0.05, 0.1) is 0 Å². The molecule has 1 heterocycles. The normalized spacial score (nSPS) is 10.5. The Kier molecular flexibility index (Phi) is 6.58. The number of nitrogens with one attached hydrogen (secondary N) is 2. The van der Waals surface area contributed by atoms with Gasteiger partial charge in [-0.25, -0.2) is 4.98 Å². The van der Waals surface area contributed by atoms with Crippen LogP contribution >= 0.6 is 11.3 Å². The van der Waals surface area contributed by atoms with Gasteiger partial charge in [0.1, 0.15) is 10.7 Å². The Morgan fingerprint density at radius 2 is 2.21 bits per heavy atom. The standard InChI is InChI=1S/C12H23N5OS/c1-4-8-17(3)12-16-10(13)9(19-12)11(18)15-7-5-6-14-2/h14H,4-8,13H2,1-3H3,(H,15,18). The molecule has 1 rings (SSSR count). The highest BCUT2D eigenvalue weighted by atomic mass is 32.1. The maximum absolute atomic E-state index is 12.0. The first kappa shape index (κ1) is 15.7. The van der Waals surface area contributed by atoms with Gasteiger partial charge in [-0.1, -0.05) is 18.3 Å². The maximum atomic E-state index is 12.0. The first-order chi connectivity index (χ1) is 9.10. The molecule has 0 saturated carbocycles. The van der Waals surface area contributed by atoms with E-state index in [1.807, 2.05) is 19.0 Å².